The Morgan fingerprint density at radius 3 is 2.44 bits per heavy atom. The number of nitrogens with one attached hydrogen (secondary N) is 4. The van der Waals surface area contributed by atoms with E-state index in [-0.39, 0.29) is 0 Å². The third-order valence-corrected chi connectivity index (χ3v) is 4.08. The molecule has 0 spiro atoms. The zero-order valence-electron chi connectivity index (χ0n) is 16.0. The number of amides is 2. The summed E-state index contributed by atoms with van der Waals surface area (Å²) in [6.45, 7) is 6.10. The normalized spacial score (nSPS) is 14.6. The van der Waals surface area contributed by atoms with Gasteiger partial charge in [0.2, 0.25) is 0 Å². The van der Waals surface area contributed by atoms with Crippen LogP contribution in [0.2, 0.25) is 0 Å². The standard InChI is InChI=1S/C19H28N4O3S/c1-19(2,3)26-18(25)21-15(11-13-7-5-4-6-8-13)16(24)22-23-17(27)20-12-14-9-10-14/h4-8,14-15H,9-12H2,1-3H3,(H,21,25)(H,22,24)(H2,20,23,27). The van der Waals surface area contributed by atoms with E-state index in [1.165, 1.54) is 12.8 Å². The number of rotatable bonds is 6. The van der Waals surface area contributed by atoms with Crippen molar-refractivity contribution in [1.82, 2.24) is 21.5 Å². The molecule has 8 heteroatoms. The average Bonchev–Trinajstić information content (AvgIpc) is 3.41. The van der Waals surface area contributed by atoms with E-state index in [1.54, 1.807) is 20.8 Å². The highest BCUT2D eigenvalue weighted by atomic mass is 32.1. The molecule has 0 radical (unpaired) electrons. The van der Waals surface area contributed by atoms with E-state index in [0.29, 0.717) is 17.5 Å². The first kappa shape index (κ1) is 21.0. The summed E-state index contributed by atoms with van der Waals surface area (Å²) in [6, 6.07) is 8.64. The van der Waals surface area contributed by atoms with Crippen molar-refractivity contribution in [3.05, 3.63) is 35.9 Å². The molecule has 1 aliphatic rings. The van der Waals surface area contributed by atoms with Gasteiger partial charge in [0.1, 0.15) is 11.6 Å². The van der Waals surface area contributed by atoms with Gasteiger partial charge in [0.25, 0.3) is 5.91 Å². The number of hydrogen-bond acceptors (Lipinski definition) is 4. The Morgan fingerprint density at radius 1 is 1.19 bits per heavy atom. The van der Waals surface area contributed by atoms with Crippen LogP contribution in [-0.4, -0.2) is 35.3 Å². The molecular weight excluding hydrogens is 364 g/mol. The minimum absolute atomic E-state index is 0.329. The quantitative estimate of drug-likeness (QED) is 0.437. The predicted octanol–water partition coefficient (Wildman–Crippen LogP) is 2.03. The molecule has 1 fully saturated rings. The van der Waals surface area contributed by atoms with Gasteiger partial charge in [-0.2, -0.15) is 0 Å². The van der Waals surface area contributed by atoms with Crippen molar-refractivity contribution < 1.29 is 14.3 Å². The van der Waals surface area contributed by atoms with Crippen molar-refractivity contribution in [2.45, 2.75) is 51.7 Å². The number of hydrogen-bond donors (Lipinski definition) is 4. The zero-order valence-corrected chi connectivity index (χ0v) is 16.8. The Balaban J connectivity index is 1.91. The Kier molecular flexibility index (Phi) is 7.41. The van der Waals surface area contributed by atoms with Gasteiger partial charge in [-0.1, -0.05) is 30.3 Å². The number of benzene rings is 1. The van der Waals surface area contributed by atoms with Crippen molar-refractivity contribution in [3.63, 3.8) is 0 Å². The molecule has 0 aromatic heterocycles. The van der Waals surface area contributed by atoms with Crippen LogP contribution in [0.4, 0.5) is 4.79 Å². The highest BCUT2D eigenvalue weighted by Crippen LogP contribution is 2.27. The van der Waals surface area contributed by atoms with Crippen LogP contribution in [0.15, 0.2) is 30.3 Å². The highest BCUT2D eigenvalue weighted by Gasteiger charge is 2.25. The molecule has 1 unspecified atom stereocenters. The van der Waals surface area contributed by atoms with Crippen molar-refractivity contribution >= 4 is 29.3 Å². The van der Waals surface area contributed by atoms with Gasteiger partial charge in [0.05, 0.1) is 0 Å². The first-order chi connectivity index (χ1) is 12.7. The molecule has 1 atom stereocenters. The summed E-state index contributed by atoms with van der Waals surface area (Å²) in [5.74, 6) is 0.264. The lowest BCUT2D eigenvalue weighted by Gasteiger charge is -2.23. The molecule has 0 aliphatic heterocycles. The Bertz CT molecular complexity index is 657. The number of carbonyl (C=O) groups is 2. The lowest BCUT2D eigenvalue weighted by atomic mass is 10.1. The molecule has 2 rings (SSSR count). The second-order valence-electron chi connectivity index (χ2n) is 7.66. The smallest absolute Gasteiger partial charge is 0.408 e. The molecule has 7 nitrogen and oxygen atoms in total. The predicted molar refractivity (Wildman–Crippen MR) is 108 cm³/mol. The summed E-state index contributed by atoms with van der Waals surface area (Å²) < 4.78 is 5.26. The fourth-order valence-corrected chi connectivity index (χ4v) is 2.45. The highest BCUT2D eigenvalue weighted by molar-refractivity contribution is 7.80. The Labute approximate surface area is 165 Å². The van der Waals surface area contributed by atoms with Crippen LogP contribution in [0.25, 0.3) is 0 Å². The molecule has 4 N–H and O–H groups in total. The number of thiocarbonyl (C=S) groups is 1. The van der Waals surface area contributed by atoms with Crippen molar-refractivity contribution in [3.8, 4) is 0 Å². The van der Waals surface area contributed by atoms with E-state index in [9.17, 15) is 9.59 Å². The fraction of sp³-hybridized carbons (Fsp3) is 0.526. The second kappa shape index (κ2) is 9.55. The summed E-state index contributed by atoms with van der Waals surface area (Å²) in [4.78, 5) is 24.7. The molecule has 1 aliphatic carbocycles. The molecule has 1 saturated carbocycles. The van der Waals surface area contributed by atoms with E-state index in [0.717, 1.165) is 12.1 Å². The Hall–Kier alpha value is -2.35. The monoisotopic (exact) mass is 392 g/mol. The maximum Gasteiger partial charge on any atom is 0.408 e. The van der Waals surface area contributed by atoms with Gasteiger partial charge >= 0.3 is 6.09 Å². The maximum absolute atomic E-state index is 12.6. The van der Waals surface area contributed by atoms with Crippen molar-refractivity contribution in [1.29, 1.82) is 0 Å². The topological polar surface area (TPSA) is 91.5 Å². The number of ether oxygens (including phenoxy) is 1. The van der Waals surface area contributed by atoms with E-state index in [4.69, 9.17) is 17.0 Å². The average molecular weight is 393 g/mol. The van der Waals surface area contributed by atoms with E-state index in [1.807, 2.05) is 30.3 Å². The number of carbonyl (C=O) groups excluding carboxylic acids is 2. The lowest BCUT2D eigenvalue weighted by Crippen LogP contribution is -2.55. The first-order valence-electron chi connectivity index (χ1n) is 9.10. The summed E-state index contributed by atoms with van der Waals surface area (Å²) in [6.07, 6.45) is 2.10. The largest absolute Gasteiger partial charge is 0.444 e. The van der Waals surface area contributed by atoms with Crippen LogP contribution in [0.1, 0.15) is 39.2 Å². The van der Waals surface area contributed by atoms with Crippen LogP contribution < -0.4 is 21.5 Å². The van der Waals surface area contributed by atoms with Crippen LogP contribution in [0.5, 0.6) is 0 Å². The van der Waals surface area contributed by atoms with Crippen LogP contribution >= 0.6 is 12.2 Å². The van der Waals surface area contributed by atoms with E-state index in [2.05, 4.69) is 21.5 Å². The number of alkyl carbamates (subject to hydrolysis) is 1. The summed E-state index contributed by atoms with van der Waals surface area (Å²) in [5, 5.41) is 6.04. The Morgan fingerprint density at radius 2 is 1.85 bits per heavy atom. The molecule has 2 amide bonds. The molecule has 0 bridgehead atoms. The van der Waals surface area contributed by atoms with Crippen molar-refractivity contribution in [2.24, 2.45) is 5.92 Å². The SMILES string of the molecule is CC(C)(C)OC(=O)NC(Cc1ccccc1)C(=O)NNC(=S)NCC1CC1. The molecule has 0 heterocycles. The van der Waals surface area contributed by atoms with Crippen LogP contribution in [0, 0.1) is 5.92 Å². The van der Waals surface area contributed by atoms with Gasteiger partial charge in [-0.05, 0) is 57.3 Å². The van der Waals surface area contributed by atoms with Gasteiger partial charge in [-0.15, -0.1) is 0 Å². The van der Waals surface area contributed by atoms with Gasteiger partial charge in [0.15, 0.2) is 5.11 Å². The van der Waals surface area contributed by atoms with Crippen LogP contribution in [0.3, 0.4) is 0 Å². The molecule has 1 aromatic rings. The lowest BCUT2D eigenvalue weighted by molar-refractivity contribution is -0.123. The summed E-state index contributed by atoms with van der Waals surface area (Å²) in [7, 11) is 0. The molecular formula is C19H28N4O3S. The zero-order chi connectivity index (χ0) is 19.9. The van der Waals surface area contributed by atoms with Crippen LogP contribution in [-0.2, 0) is 16.0 Å². The summed E-state index contributed by atoms with van der Waals surface area (Å²) >= 11 is 5.15. The molecule has 0 saturated heterocycles. The summed E-state index contributed by atoms with van der Waals surface area (Å²) in [5.41, 5.74) is 5.51. The first-order valence-corrected chi connectivity index (χ1v) is 9.51. The third kappa shape index (κ3) is 8.72. The fourth-order valence-electron chi connectivity index (χ4n) is 2.32. The minimum atomic E-state index is -0.805. The van der Waals surface area contributed by atoms with E-state index >= 15 is 0 Å². The van der Waals surface area contributed by atoms with Gasteiger partial charge < -0.3 is 15.4 Å². The molecule has 148 valence electrons. The van der Waals surface area contributed by atoms with Gasteiger partial charge in [-0.3, -0.25) is 15.6 Å². The maximum atomic E-state index is 12.6. The van der Waals surface area contributed by atoms with Crippen molar-refractivity contribution in [2.75, 3.05) is 6.54 Å². The third-order valence-electron chi connectivity index (χ3n) is 3.84. The molecule has 1 aromatic carbocycles. The number of hydrazine groups is 1. The van der Waals surface area contributed by atoms with Gasteiger partial charge in [0, 0.05) is 13.0 Å². The minimum Gasteiger partial charge on any atom is -0.444 e. The van der Waals surface area contributed by atoms with Gasteiger partial charge in [-0.25, -0.2) is 4.79 Å². The molecule has 27 heavy (non-hydrogen) atoms. The van der Waals surface area contributed by atoms with E-state index < -0.39 is 23.6 Å². The second-order valence-corrected chi connectivity index (χ2v) is 8.06.